The van der Waals surface area contributed by atoms with E-state index in [2.05, 4.69) is 15.0 Å². The molecule has 0 atom stereocenters. The number of carbonyl (C=O) groups excluding carboxylic acids is 1. The molecule has 1 amide bonds. The number of halogens is 1. The van der Waals surface area contributed by atoms with Crippen molar-refractivity contribution in [2.45, 2.75) is 19.4 Å². The lowest BCUT2D eigenvalue weighted by Crippen LogP contribution is -2.15. The van der Waals surface area contributed by atoms with Crippen LogP contribution >= 0.6 is 11.6 Å². The molecular weight excluding hydrogens is 340 g/mol. The van der Waals surface area contributed by atoms with Crippen LogP contribution in [0.3, 0.4) is 0 Å². The van der Waals surface area contributed by atoms with E-state index in [0.717, 1.165) is 5.56 Å². The molecule has 0 fully saturated rings. The third-order valence-electron chi connectivity index (χ3n) is 3.76. The second kappa shape index (κ2) is 6.31. The number of nitrogens with zero attached hydrogens (tertiary/aromatic N) is 2. The molecule has 0 radical (unpaired) electrons. The molecule has 0 aliphatic heterocycles. The molecular formula is C18H17ClN4O2. The molecule has 0 unspecified atom stereocenters. The maximum Gasteiger partial charge on any atom is 0.241 e. The number of carbonyl (C=O) groups is 1. The lowest BCUT2D eigenvalue weighted by atomic mass is 9.96. The summed E-state index contributed by atoms with van der Waals surface area (Å²) in [5, 5.41) is 10.6. The summed E-state index contributed by atoms with van der Waals surface area (Å²) in [4.78, 5) is 22.9. The van der Waals surface area contributed by atoms with E-state index in [0.29, 0.717) is 33.0 Å². The van der Waals surface area contributed by atoms with Crippen molar-refractivity contribution in [2.24, 2.45) is 5.73 Å². The number of hydrogen-bond donors (Lipinski definition) is 3. The number of aromatic nitrogens is 3. The van der Waals surface area contributed by atoms with Gasteiger partial charge in [0.1, 0.15) is 5.52 Å². The van der Waals surface area contributed by atoms with Crippen molar-refractivity contribution in [2.75, 3.05) is 0 Å². The lowest BCUT2D eigenvalue weighted by Gasteiger charge is -2.19. The normalized spacial score (nSPS) is 12.2. The topological polar surface area (TPSA) is 105 Å². The fourth-order valence-electron chi connectivity index (χ4n) is 2.52. The SMILES string of the molecule is CC(C)(O)c1ccc(-c2cnc3[nH]cc(/C=C/C(N)=O)c3n2)cc1Cl. The van der Waals surface area contributed by atoms with E-state index in [1.165, 1.54) is 6.08 Å². The summed E-state index contributed by atoms with van der Waals surface area (Å²) in [5.41, 5.74) is 8.08. The van der Waals surface area contributed by atoms with Gasteiger partial charge in [-0.2, -0.15) is 0 Å². The number of H-pyrrole nitrogens is 1. The molecule has 0 aliphatic rings. The zero-order chi connectivity index (χ0) is 18.2. The van der Waals surface area contributed by atoms with Gasteiger partial charge in [0.25, 0.3) is 0 Å². The third-order valence-corrected chi connectivity index (χ3v) is 4.07. The molecule has 128 valence electrons. The first kappa shape index (κ1) is 17.1. The fraction of sp³-hybridized carbons (Fsp3) is 0.167. The third kappa shape index (κ3) is 3.55. The molecule has 0 saturated heterocycles. The van der Waals surface area contributed by atoms with E-state index in [9.17, 15) is 9.90 Å². The number of nitrogens with one attached hydrogen (secondary N) is 1. The van der Waals surface area contributed by atoms with E-state index in [4.69, 9.17) is 17.3 Å². The van der Waals surface area contributed by atoms with Crippen molar-refractivity contribution in [3.05, 3.63) is 52.8 Å². The van der Waals surface area contributed by atoms with E-state index >= 15 is 0 Å². The Morgan fingerprint density at radius 3 is 2.80 bits per heavy atom. The minimum Gasteiger partial charge on any atom is -0.386 e. The lowest BCUT2D eigenvalue weighted by molar-refractivity contribution is -0.113. The number of benzene rings is 1. The number of hydrogen-bond acceptors (Lipinski definition) is 4. The van der Waals surface area contributed by atoms with Gasteiger partial charge in [-0.3, -0.25) is 4.79 Å². The molecule has 4 N–H and O–H groups in total. The predicted molar refractivity (Wildman–Crippen MR) is 97.8 cm³/mol. The van der Waals surface area contributed by atoms with E-state index < -0.39 is 11.5 Å². The zero-order valence-corrected chi connectivity index (χ0v) is 14.5. The Kier molecular flexibility index (Phi) is 4.32. The van der Waals surface area contributed by atoms with Crippen molar-refractivity contribution in [1.29, 1.82) is 0 Å². The van der Waals surface area contributed by atoms with Gasteiger partial charge in [-0.25, -0.2) is 9.97 Å². The minimum atomic E-state index is -1.03. The van der Waals surface area contributed by atoms with Crippen molar-refractivity contribution < 1.29 is 9.90 Å². The highest BCUT2D eigenvalue weighted by Crippen LogP contribution is 2.31. The van der Waals surface area contributed by atoms with Gasteiger partial charge < -0.3 is 15.8 Å². The van der Waals surface area contributed by atoms with Crippen LogP contribution in [0.1, 0.15) is 25.0 Å². The first-order chi connectivity index (χ1) is 11.8. The molecule has 0 aliphatic carbocycles. The summed E-state index contributed by atoms with van der Waals surface area (Å²) in [5.74, 6) is -0.535. The summed E-state index contributed by atoms with van der Waals surface area (Å²) in [6.07, 6.45) is 6.20. The van der Waals surface area contributed by atoms with Gasteiger partial charge in [0.05, 0.1) is 17.5 Å². The molecule has 0 bridgehead atoms. The Labute approximate surface area is 149 Å². The molecule has 0 saturated carbocycles. The Morgan fingerprint density at radius 1 is 1.40 bits per heavy atom. The van der Waals surface area contributed by atoms with Crippen molar-refractivity contribution >= 4 is 34.7 Å². The first-order valence-electron chi connectivity index (χ1n) is 7.60. The van der Waals surface area contributed by atoms with Crippen LogP contribution in [-0.4, -0.2) is 26.0 Å². The van der Waals surface area contributed by atoms with Gasteiger partial charge >= 0.3 is 0 Å². The van der Waals surface area contributed by atoms with Crippen LogP contribution in [0.15, 0.2) is 36.7 Å². The summed E-state index contributed by atoms with van der Waals surface area (Å²) in [7, 11) is 0. The quantitative estimate of drug-likeness (QED) is 0.625. The van der Waals surface area contributed by atoms with Gasteiger partial charge in [0.2, 0.25) is 5.91 Å². The average molecular weight is 357 g/mol. The molecule has 25 heavy (non-hydrogen) atoms. The van der Waals surface area contributed by atoms with Crippen LogP contribution in [0.4, 0.5) is 0 Å². The highest BCUT2D eigenvalue weighted by Gasteiger charge is 2.20. The fourth-order valence-corrected chi connectivity index (χ4v) is 2.93. The van der Waals surface area contributed by atoms with Crippen molar-refractivity contribution in [3.63, 3.8) is 0 Å². The maximum absolute atomic E-state index is 10.9. The number of aromatic amines is 1. The number of fused-ring (bicyclic) bond motifs is 1. The summed E-state index contributed by atoms with van der Waals surface area (Å²) < 4.78 is 0. The maximum atomic E-state index is 10.9. The number of amides is 1. The molecule has 2 heterocycles. The summed E-state index contributed by atoms with van der Waals surface area (Å²) >= 11 is 6.30. The second-order valence-electron chi connectivity index (χ2n) is 6.19. The summed E-state index contributed by atoms with van der Waals surface area (Å²) in [6.45, 7) is 3.35. The van der Waals surface area contributed by atoms with Crippen LogP contribution in [0.5, 0.6) is 0 Å². The van der Waals surface area contributed by atoms with Crippen LogP contribution in [-0.2, 0) is 10.4 Å². The number of primary amides is 1. The minimum absolute atomic E-state index is 0.454. The standard InChI is InChI=1S/C18H17ClN4O2/c1-18(2,25)12-5-3-10(7-13(12)19)14-9-22-17-16(23-14)11(8-21-17)4-6-15(20)24/h3-9,25H,1-2H3,(H2,20,24)(H,21,22)/b6-4+. The Hall–Kier alpha value is -2.70. The van der Waals surface area contributed by atoms with Gasteiger partial charge in [-0.05, 0) is 26.0 Å². The van der Waals surface area contributed by atoms with Crippen LogP contribution in [0.2, 0.25) is 5.02 Å². The average Bonchev–Trinajstić information content (AvgIpc) is 2.93. The molecule has 6 nitrogen and oxygen atoms in total. The van der Waals surface area contributed by atoms with Gasteiger partial charge in [0.15, 0.2) is 5.65 Å². The molecule has 2 aromatic heterocycles. The Morgan fingerprint density at radius 2 is 2.16 bits per heavy atom. The number of rotatable bonds is 4. The van der Waals surface area contributed by atoms with Crippen LogP contribution in [0.25, 0.3) is 28.5 Å². The monoisotopic (exact) mass is 356 g/mol. The molecule has 0 spiro atoms. The predicted octanol–water partition coefficient (Wildman–Crippen LogP) is 3.00. The van der Waals surface area contributed by atoms with E-state index in [-0.39, 0.29) is 0 Å². The number of aliphatic hydroxyl groups is 1. The van der Waals surface area contributed by atoms with Crippen LogP contribution < -0.4 is 5.73 Å². The zero-order valence-electron chi connectivity index (χ0n) is 13.7. The van der Waals surface area contributed by atoms with Gasteiger partial charge in [0, 0.05) is 34.0 Å². The van der Waals surface area contributed by atoms with Gasteiger partial charge in [-0.15, -0.1) is 0 Å². The summed E-state index contributed by atoms with van der Waals surface area (Å²) in [6, 6.07) is 5.35. The highest BCUT2D eigenvalue weighted by molar-refractivity contribution is 6.31. The van der Waals surface area contributed by atoms with E-state index in [1.54, 1.807) is 44.4 Å². The molecule has 1 aromatic carbocycles. The van der Waals surface area contributed by atoms with Crippen molar-refractivity contribution in [1.82, 2.24) is 15.0 Å². The van der Waals surface area contributed by atoms with Crippen LogP contribution in [0, 0.1) is 0 Å². The highest BCUT2D eigenvalue weighted by atomic mass is 35.5. The first-order valence-corrected chi connectivity index (χ1v) is 7.98. The second-order valence-corrected chi connectivity index (χ2v) is 6.59. The molecule has 3 aromatic rings. The molecule has 7 heteroatoms. The smallest absolute Gasteiger partial charge is 0.241 e. The number of nitrogens with two attached hydrogens (primary N) is 1. The largest absolute Gasteiger partial charge is 0.386 e. The van der Waals surface area contributed by atoms with E-state index in [1.807, 2.05) is 6.07 Å². The van der Waals surface area contributed by atoms with Gasteiger partial charge in [-0.1, -0.05) is 23.7 Å². The van der Waals surface area contributed by atoms with Crippen molar-refractivity contribution in [3.8, 4) is 11.3 Å². The Bertz CT molecular complexity index is 986. The molecule has 3 rings (SSSR count). The Balaban J connectivity index is 2.06.